The highest BCUT2D eigenvalue weighted by Crippen LogP contribution is 2.27. The molecule has 98 valence electrons. The van der Waals surface area contributed by atoms with Crippen molar-refractivity contribution >= 4 is 0 Å². The molecule has 0 fully saturated rings. The van der Waals surface area contributed by atoms with Gasteiger partial charge in [-0.25, -0.2) is 0 Å². The maximum Gasteiger partial charge on any atom is 0.0732 e. The van der Waals surface area contributed by atoms with Crippen molar-refractivity contribution < 1.29 is 0 Å². The Hall–Kier alpha value is -1.62. The zero-order chi connectivity index (χ0) is 13.1. The van der Waals surface area contributed by atoms with Crippen molar-refractivity contribution in [3.63, 3.8) is 0 Å². The minimum absolute atomic E-state index is 0.841. The van der Waals surface area contributed by atoms with Gasteiger partial charge in [-0.1, -0.05) is 6.92 Å². The molecule has 0 aromatic carbocycles. The lowest BCUT2D eigenvalue weighted by Gasteiger charge is -2.05. The molecule has 0 saturated heterocycles. The first kappa shape index (κ1) is 12.8. The first-order valence-electron chi connectivity index (χ1n) is 6.38. The van der Waals surface area contributed by atoms with Crippen molar-refractivity contribution in [2.45, 2.75) is 33.7 Å². The fraction of sp³-hybridized carbons (Fsp3) is 0.538. The van der Waals surface area contributed by atoms with E-state index in [4.69, 9.17) is 0 Å². The van der Waals surface area contributed by atoms with Crippen molar-refractivity contribution in [1.82, 2.24) is 25.3 Å². The second-order valence-electron chi connectivity index (χ2n) is 4.62. The third-order valence-corrected chi connectivity index (χ3v) is 3.22. The Morgan fingerprint density at radius 1 is 1.39 bits per heavy atom. The van der Waals surface area contributed by atoms with E-state index in [1.807, 2.05) is 24.9 Å². The molecule has 5 heteroatoms. The number of aromatic amines is 1. The summed E-state index contributed by atoms with van der Waals surface area (Å²) in [5.41, 5.74) is 5.65. The van der Waals surface area contributed by atoms with E-state index in [0.717, 1.165) is 36.6 Å². The third-order valence-electron chi connectivity index (χ3n) is 3.22. The van der Waals surface area contributed by atoms with Gasteiger partial charge in [0.25, 0.3) is 0 Å². The van der Waals surface area contributed by atoms with Gasteiger partial charge in [-0.05, 0) is 26.8 Å². The minimum Gasteiger partial charge on any atom is -0.313 e. The molecule has 2 N–H and O–H groups in total. The normalized spacial score (nSPS) is 11.1. The van der Waals surface area contributed by atoms with Crippen molar-refractivity contribution in [1.29, 1.82) is 0 Å². The highest BCUT2D eigenvalue weighted by Gasteiger charge is 2.16. The van der Waals surface area contributed by atoms with Gasteiger partial charge in [0.2, 0.25) is 0 Å². The minimum atomic E-state index is 0.841. The average molecular weight is 247 g/mol. The van der Waals surface area contributed by atoms with Crippen LogP contribution >= 0.6 is 0 Å². The summed E-state index contributed by atoms with van der Waals surface area (Å²) in [6, 6.07) is 0. The first-order valence-corrected chi connectivity index (χ1v) is 6.38. The number of H-pyrrole nitrogens is 1. The number of hydrogen-bond acceptors (Lipinski definition) is 3. The van der Waals surface area contributed by atoms with Gasteiger partial charge >= 0.3 is 0 Å². The number of aryl methyl sites for hydroxylation is 2. The molecule has 0 atom stereocenters. The summed E-state index contributed by atoms with van der Waals surface area (Å²) < 4.78 is 1.91. The molecular formula is C13H21N5. The van der Waals surface area contributed by atoms with Gasteiger partial charge < -0.3 is 5.32 Å². The van der Waals surface area contributed by atoms with E-state index in [0.29, 0.717) is 0 Å². The van der Waals surface area contributed by atoms with E-state index in [9.17, 15) is 0 Å². The van der Waals surface area contributed by atoms with Gasteiger partial charge in [-0.2, -0.15) is 10.2 Å². The summed E-state index contributed by atoms with van der Waals surface area (Å²) in [5, 5.41) is 15.1. The Kier molecular flexibility index (Phi) is 3.81. The van der Waals surface area contributed by atoms with Crippen LogP contribution in [0.2, 0.25) is 0 Å². The van der Waals surface area contributed by atoms with Crippen LogP contribution in [0.25, 0.3) is 11.3 Å². The average Bonchev–Trinajstić information content (AvgIpc) is 2.86. The number of rotatable bonds is 5. The predicted molar refractivity (Wildman–Crippen MR) is 72.3 cm³/mol. The number of nitrogens with one attached hydrogen (secondary N) is 2. The molecule has 0 bridgehead atoms. The van der Waals surface area contributed by atoms with E-state index in [2.05, 4.69) is 34.5 Å². The summed E-state index contributed by atoms with van der Waals surface area (Å²) in [5.74, 6) is 0. The molecule has 2 rings (SSSR count). The van der Waals surface area contributed by atoms with Crippen LogP contribution in [-0.4, -0.2) is 26.5 Å². The van der Waals surface area contributed by atoms with Gasteiger partial charge in [0.05, 0.1) is 17.6 Å². The van der Waals surface area contributed by atoms with Crippen LogP contribution in [0, 0.1) is 13.8 Å². The Bertz CT molecular complexity index is 523. The molecule has 2 heterocycles. The van der Waals surface area contributed by atoms with Gasteiger partial charge in [-0.15, -0.1) is 0 Å². The second kappa shape index (κ2) is 5.35. The standard InChI is InChI=1S/C13H21N5/c1-5-6-14-7-11-8-15-16-13(11)12-9(2)17-18(4)10(12)3/h8,14H,5-7H2,1-4H3,(H,15,16). The van der Waals surface area contributed by atoms with Gasteiger partial charge in [-0.3, -0.25) is 9.78 Å². The zero-order valence-corrected chi connectivity index (χ0v) is 11.5. The van der Waals surface area contributed by atoms with Crippen LogP contribution in [0.3, 0.4) is 0 Å². The SMILES string of the molecule is CCCNCc1cn[nH]c1-c1c(C)nn(C)c1C. The Morgan fingerprint density at radius 3 is 2.78 bits per heavy atom. The zero-order valence-electron chi connectivity index (χ0n) is 11.5. The molecule has 0 aliphatic carbocycles. The number of aromatic nitrogens is 4. The molecule has 0 radical (unpaired) electrons. The van der Waals surface area contributed by atoms with Crippen LogP contribution in [0.4, 0.5) is 0 Å². The fourth-order valence-electron chi connectivity index (χ4n) is 2.20. The molecule has 0 unspecified atom stereocenters. The van der Waals surface area contributed by atoms with Crippen molar-refractivity contribution in [2.75, 3.05) is 6.54 Å². The Balaban J connectivity index is 2.30. The van der Waals surface area contributed by atoms with Crippen molar-refractivity contribution in [3.05, 3.63) is 23.1 Å². The number of hydrogen-bond donors (Lipinski definition) is 2. The molecule has 0 spiro atoms. The van der Waals surface area contributed by atoms with E-state index >= 15 is 0 Å². The summed E-state index contributed by atoms with van der Waals surface area (Å²) in [6.07, 6.45) is 3.03. The fourth-order valence-corrected chi connectivity index (χ4v) is 2.20. The maximum absolute atomic E-state index is 4.45. The van der Waals surface area contributed by atoms with E-state index in [1.165, 1.54) is 11.1 Å². The number of nitrogens with zero attached hydrogens (tertiary/aromatic N) is 3. The highest BCUT2D eigenvalue weighted by molar-refractivity contribution is 5.67. The Labute approximate surface area is 108 Å². The molecule has 2 aromatic heterocycles. The molecule has 18 heavy (non-hydrogen) atoms. The lowest BCUT2D eigenvalue weighted by molar-refractivity contribution is 0.676. The van der Waals surface area contributed by atoms with Crippen LogP contribution in [0.15, 0.2) is 6.20 Å². The summed E-state index contributed by atoms with van der Waals surface area (Å²) >= 11 is 0. The van der Waals surface area contributed by atoms with Crippen LogP contribution in [0.1, 0.15) is 30.3 Å². The van der Waals surface area contributed by atoms with Gasteiger partial charge in [0.1, 0.15) is 0 Å². The van der Waals surface area contributed by atoms with Gasteiger partial charge in [0, 0.05) is 30.4 Å². The quantitative estimate of drug-likeness (QED) is 0.794. The molecule has 0 aliphatic rings. The summed E-state index contributed by atoms with van der Waals surface area (Å²) in [6.45, 7) is 8.15. The molecule has 0 aliphatic heterocycles. The lowest BCUT2D eigenvalue weighted by atomic mass is 10.1. The van der Waals surface area contributed by atoms with E-state index in [-0.39, 0.29) is 0 Å². The molecule has 0 saturated carbocycles. The third kappa shape index (κ3) is 2.31. The van der Waals surface area contributed by atoms with Crippen LogP contribution < -0.4 is 5.32 Å². The predicted octanol–water partition coefficient (Wildman–Crippen LogP) is 1.93. The molecule has 2 aromatic rings. The Morgan fingerprint density at radius 2 is 2.17 bits per heavy atom. The lowest BCUT2D eigenvalue weighted by Crippen LogP contribution is -2.14. The highest BCUT2D eigenvalue weighted by atomic mass is 15.3. The molecule has 0 amide bonds. The smallest absolute Gasteiger partial charge is 0.0732 e. The summed E-state index contributed by atoms with van der Waals surface area (Å²) in [7, 11) is 1.97. The van der Waals surface area contributed by atoms with Crippen molar-refractivity contribution in [2.24, 2.45) is 7.05 Å². The summed E-state index contributed by atoms with van der Waals surface area (Å²) in [4.78, 5) is 0. The second-order valence-corrected chi connectivity index (χ2v) is 4.62. The first-order chi connectivity index (χ1) is 8.65. The molecule has 5 nitrogen and oxygen atoms in total. The molecular weight excluding hydrogens is 226 g/mol. The van der Waals surface area contributed by atoms with E-state index < -0.39 is 0 Å². The van der Waals surface area contributed by atoms with Crippen molar-refractivity contribution in [3.8, 4) is 11.3 Å². The van der Waals surface area contributed by atoms with Crippen LogP contribution in [0.5, 0.6) is 0 Å². The van der Waals surface area contributed by atoms with E-state index in [1.54, 1.807) is 0 Å². The largest absolute Gasteiger partial charge is 0.313 e. The topological polar surface area (TPSA) is 58.5 Å². The maximum atomic E-state index is 4.45. The monoisotopic (exact) mass is 247 g/mol. The van der Waals surface area contributed by atoms with Crippen LogP contribution in [-0.2, 0) is 13.6 Å². The van der Waals surface area contributed by atoms with Gasteiger partial charge in [0.15, 0.2) is 0 Å².